The van der Waals surface area contributed by atoms with Crippen molar-refractivity contribution in [1.29, 1.82) is 0 Å². The molecule has 236 valence electrons. The lowest BCUT2D eigenvalue weighted by molar-refractivity contribution is 0.660. The van der Waals surface area contributed by atoms with E-state index in [9.17, 15) is 0 Å². The van der Waals surface area contributed by atoms with E-state index in [-0.39, 0.29) is 5.41 Å². The zero-order valence-corrected chi connectivity index (χ0v) is 27.8. The highest BCUT2D eigenvalue weighted by molar-refractivity contribution is 6.07. The van der Waals surface area contributed by atoms with E-state index in [1.807, 2.05) is 30.3 Å². The summed E-state index contributed by atoms with van der Waals surface area (Å²) in [4.78, 5) is 10.4. The van der Waals surface area contributed by atoms with Crippen LogP contribution >= 0.6 is 0 Å². The molecule has 0 radical (unpaired) electrons. The molecule has 0 bridgehead atoms. The Kier molecular flexibility index (Phi) is 6.22. The highest BCUT2D eigenvalue weighted by atomic mass is 16.3. The maximum absolute atomic E-state index is 6.14. The monoisotopic (exact) mass is 640 g/mol. The number of furan rings is 1. The van der Waals surface area contributed by atoms with Gasteiger partial charge in [0.1, 0.15) is 11.2 Å². The summed E-state index contributed by atoms with van der Waals surface area (Å²) in [5.74, 6) is 0.698. The lowest BCUT2D eigenvalue weighted by Gasteiger charge is -2.22. The van der Waals surface area contributed by atoms with Gasteiger partial charge in [0, 0.05) is 32.9 Å². The molecule has 3 nitrogen and oxygen atoms in total. The van der Waals surface area contributed by atoms with Crippen molar-refractivity contribution in [2.75, 3.05) is 0 Å². The number of nitrogens with zero attached hydrogens (tertiary/aromatic N) is 2. The van der Waals surface area contributed by atoms with Crippen molar-refractivity contribution in [2.45, 2.75) is 19.3 Å². The molecule has 0 aliphatic heterocycles. The van der Waals surface area contributed by atoms with Crippen LogP contribution in [0.25, 0.3) is 88.9 Å². The second-order valence-corrected chi connectivity index (χ2v) is 13.8. The van der Waals surface area contributed by atoms with E-state index >= 15 is 0 Å². The standard InChI is InChI=1S/C47H32N2O/c1-47(2)40-18-10-8-16-35(40)36-22-20-30(27-41(36)47)32-23-24-37(34-15-7-6-14-33(32)34)43-28-42(48-46(49-43)29-12-4-3-5-13-29)31-21-25-45-39(26-31)38-17-9-11-19-44(38)50-45/h3-28H,1-2H3. The van der Waals surface area contributed by atoms with Crippen LogP contribution in [0.15, 0.2) is 162 Å². The number of fused-ring (bicyclic) bond motifs is 7. The van der Waals surface area contributed by atoms with Crippen LogP contribution in [0, 0.1) is 0 Å². The van der Waals surface area contributed by atoms with Gasteiger partial charge in [0.05, 0.1) is 11.4 Å². The Morgan fingerprint density at radius 3 is 1.88 bits per heavy atom. The average molecular weight is 641 g/mol. The van der Waals surface area contributed by atoms with Gasteiger partial charge in [0.25, 0.3) is 0 Å². The summed E-state index contributed by atoms with van der Waals surface area (Å²) < 4.78 is 6.14. The Balaban J connectivity index is 1.15. The topological polar surface area (TPSA) is 38.9 Å². The third-order valence-corrected chi connectivity index (χ3v) is 10.5. The Labute approximate surface area is 290 Å². The first-order valence-corrected chi connectivity index (χ1v) is 17.2. The van der Waals surface area contributed by atoms with E-state index in [1.165, 1.54) is 38.8 Å². The second-order valence-electron chi connectivity index (χ2n) is 13.8. The normalized spacial score (nSPS) is 13.2. The molecule has 1 aliphatic carbocycles. The minimum Gasteiger partial charge on any atom is -0.456 e. The molecule has 0 unspecified atom stereocenters. The maximum atomic E-state index is 6.14. The van der Waals surface area contributed by atoms with E-state index in [4.69, 9.17) is 14.4 Å². The van der Waals surface area contributed by atoms with Crippen LogP contribution in [-0.2, 0) is 5.41 Å². The molecule has 9 aromatic rings. The first kappa shape index (κ1) is 28.7. The van der Waals surface area contributed by atoms with E-state index in [2.05, 4.69) is 141 Å². The molecule has 0 saturated carbocycles. The van der Waals surface area contributed by atoms with Crippen molar-refractivity contribution >= 4 is 32.7 Å². The molecule has 7 aromatic carbocycles. The average Bonchev–Trinajstić information content (AvgIpc) is 3.66. The van der Waals surface area contributed by atoms with Crippen LogP contribution in [0.2, 0.25) is 0 Å². The second kappa shape index (κ2) is 10.8. The highest BCUT2D eigenvalue weighted by Crippen LogP contribution is 2.50. The first-order valence-electron chi connectivity index (χ1n) is 17.2. The van der Waals surface area contributed by atoms with Crippen LogP contribution in [0.1, 0.15) is 25.0 Å². The molecule has 0 atom stereocenters. The van der Waals surface area contributed by atoms with Gasteiger partial charge in [-0.15, -0.1) is 0 Å². The lowest BCUT2D eigenvalue weighted by atomic mass is 9.81. The van der Waals surface area contributed by atoms with Gasteiger partial charge >= 0.3 is 0 Å². The van der Waals surface area contributed by atoms with Crippen LogP contribution < -0.4 is 0 Å². The number of aromatic nitrogens is 2. The summed E-state index contributed by atoms with van der Waals surface area (Å²) >= 11 is 0. The molecule has 0 N–H and O–H groups in total. The maximum Gasteiger partial charge on any atom is 0.160 e. The summed E-state index contributed by atoms with van der Waals surface area (Å²) in [6, 6.07) is 55.9. The molecule has 2 aromatic heterocycles. The largest absolute Gasteiger partial charge is 0.456 e. The van der Waals surface area contributed by atoms with Crippen molar-refractivity contribution in [1.82, 2.24) is 9.97 Å². The lowest BCUT2D eigenvalue weighted by Crippen LogP contribution is -2.14. The van der Waals surface area contributed by atoms with Crippen molar-refractivity contribution in [3.05, 3.63) is 169 Å². The summed E-state index contributed by atoms with van der Waals surface area (Å²) in [5.41, 5.74) is 14.4. The number of benzene rings is 7. The summed E-state index contributed by atoms with van der Waals surface area (Å²) in [5, 5.41) is 4.54. The van der Waals surface area contributed by atoms with Crippen molar-refractivity contribution in [3.63, 3.8) is 0 Å². The van der Waals surface area contributed by atoms with Crippen molar-refractivity contribution < 1.29 is 4.42 Å². The Hall–Kier alpha value is -6.32. The Bertz CT molecular complexity index is 2790. The molecule has 0 spiro atoms. The summed E-state index contributed by atoms with van der Waals surface area (Å²) in [6.45, 7) is 4.68. The van der Waals surface area contributed by atoms with Crippen molar-refractivity contribution in [2.24, 2.45) is 0 Å². The minimum absolute atomic E-state index is 0.0609. The third kappa shape index (κ3) is 4.37. The van der Waals surface area contributed by atoms with Gasteiger partial charge in [-0.05, 0) is 80.6 Å². The molecule has 0 fully saturated rings. The molecule has 2 heterocycles. The third-order valence-electron chi connectivity index (χ3n) is 10.5. The molecule has 3 heteroatoms. The molecule has 0 amide bonds. The van der Waals surface area contributed by atoms with Gasteiger partial charge < -0.3 is 4.42 Å². The van der Waals surface area contributed by atoms with Gasteiger partial charge in [-0.25, -0.2) is 9.97 Å². The SMILES string of the molecule is CC1(C)c2ccccc2-c2ccc(-c3ccc(-c4cc(-c5ccc6oc7ccccc7c6c5)nc(-c5ccccc5)n4)c4ccccc34)cc21. The van der Waals surface area contributed by atoms with Crippen LogP contribution in [-0.4, -0.2) is 9.97 Å². The van der Waals surface area contributed by atoms with Crippen LogP contribution in [0.5, 0.6) is 0 Å². The zero-order valence-electron chi connectivity index (χ0n) is 27.8. The Morgan fingerprint density at radius 2 is 1.02 bits per heavy atom. The van der Waals surface area contributed by atoms with Gasteiger partial charge in [-0.3, -0.25) is 0 Å². The fraction of sp³-hybridized carbons (Fsp3) is 0.0638. The molecule has 50 heavy (non-hydrogen) atoms. The number of rotatable bonds is 4. The molecular formula is C47H32N2O. The van der Waals surface area contributed by atoms with Gasteiger partial charge in [-0.1, -0.05) is 135 Å². The van der Waals surface area contributed by atoms with Crippen LogP contribution in [0.3, 0.4) is 0 Å². The smallest absolute Gasteiger partial charge is 0.160 e. The highest BCUT2D eigenvalue weighted by Gasteiger charge is 2.35. The minimum atomic E-state index is -0.0609. The van der Waals surface area contributed by atoms with E-state index < -0.39 is 0 Å². The van der Waals surface area contributed by atoms with Gasteiger partial charge in [0.15, 0.2) is 5.82 Å². The Morgan fingerprint density at radius 1 is 0.400 bits per heavy atom. The van der Waals surface area contributed by atoms with E-state index in [0.29, 0.717) is 5.82 Å². The number of hydrogen-bond acceptors (Lipinski definition) is 3. The molecule has 1 aliphatic rings. The van der Waals surface area contributed by atoms with Crippen LogP contribution in [0.4, 0.5) is 0 Å². The predicted molar refractivity (Wildman–Crippen MR) is 206 cm³/mol. The van der Waals surface area contributed by atoms with E-state index in [0.717, 1.165) is 55.4 Å². The van der Waals surface area contributed by atoms with E-state index in [1.54, 1.807) is 0 Å². The summed E-state index contributed by atoms with van der Waals surface area (Å²) in [6.07, 6.45) is 0. The number of para-hydroxylation sites is 1. The fourth-order valence-corrected chi connectivity index (χ4v) is 7.98. The predicted octanol–water partition coefficient (Wildman–Crippen LogP) is 12.5. The van der Waals surface area contributed by atoms with Gasteiger partial charge in [0.2, 0.25) is 0 Å². The molecular weight excluding hydrogens is 609 g/mol. The fourth-order valence-electron chi connectivity index (χ4n) is 7.98. The summed E-state index contributed by atoms with van der Waals surface area (Å²) in [7, 11) is 0. The molecule has 10 rings (SSSR count). The van der Waals surface area contributed by atoms with Crippen molar-refractivity contribution in [3.8, 4) is 56.2 Å². The van der Waals surface area contributed by atoms with Gasteiger partial charge in [-0.2, -0.15) is 0 Å². The number of hydrogen-bond donors (Lipinski definition) is 0. The quantitative estimate of drug-likeness (QED) is 0.192. The first-order chi connectivity index (χ1) is 24.5. The zero-order chi connectivity index (χ0) is 33.4. The molecule has 0 saturated heterocycles.